The maximum atomic E-state index is 12.0. The van der Waals surface area contributed by atoms with Gasteiger partial charge in [0.15, 0.2) is 0 Å². The molecule has 0 amide bonds. The number of esters is 1. The lowest BCUT2D eigenvalue weighted by Crippen LogP contribution is -2.25. The zero-order valence-corrected chi connectivity index (χ0v) is 13.0. The summed E-state index contributed by atoms with van der Waals surface area (Å²) in [5, 5.41) is 8.98. The van der Waals surface area contributed by atoms with Gasteiger partial charge in [0.1, 0.15) is 6.61 Å². The van der Waals surface area contributed by atoms with Gasteiger partial charge in [-0.1, -0.05) is 25.1 Å². The Morgan fingerprint density at radius 2 is 2.05 bits per heavy atom. The van der Waals surface area contributed by atoms with E-state index in [0.717, 1.165) is 24.8 Å². The highest BCUT2D eigenvalue weighted by Gasteiger charge is 2.27. The number of benzene rings is 1. The second kappa shape index (κ2) is 7.44. The molecule has 3 heteroatoms. The molecular weight excluding hydrogens is 252 g/mol. The Morgan fingerprint density at radius 1 is 1.35 bits per heavy atom. The Hall–Kier alpha value is -1.35. The van der Waals surface area contributed by atoms with E-state index in [-0.39, 0.29) is 12.6 Å². The number of rotatable bonds is 7. The molecule has 0 radical (unpaired) electrons. The van der Waals surface area contributed by atoms with Crippen LogP contribution >= 0.6 is 0 Å². The van der Waals surface area contributed by atoms with Gasteiger partial charge in [-0.3, -0.25) is 4.79 Å². The van der Waals surface area contributed by atoms with Crippen LogP contribution in [0.3, 0.4) is 0 Å². The number of aliphatic hydroxyl groups is 1. The predicted molar refractivity (Wildman–Crippen MR) is 80.5 cm³/mol. The van der Waals surface area contributed by atoms with Gasteiger partial charge in [0.2, 0.25) is 0 Å². The van der Waals surface area contributed by atoms with Crippen molar-refractivity contribution < 1.29 is 14.6 Å². The van der Waals surface area contributed by atoms with Crippen molar-refractivity contribution in [1.29, 1.82) is 0 Å². The van der Waals surface area contributed by atoms with Crippen LogP contribution in [0.15, 0.2) is 18.2 Å². The number of aliphatic hydroxyl groups excluding tert-OH is 1. The van der Waals surface area contributed by atoms with Gasteiger partial charge in [0.25, 0.3) is 0 Å². The molecule has 0 fully saturated rings. The summed E-state index contributed by atoms with van der Waals surface area (Å²) in [6.07, 6.45) is 2.30. The smallest absolute Gasteiger partial charge is 0.311 e. The first kappa shape index (κ1) is 16.7. The molecule has 0 spiro atoms. The van der Waals surface area contributed by atoms with Crippen LogP contribution in [-0.4, -0.2) is 17.7 Å². The van der Waals surface area contributed by atoms with Crippen molar-refractivity contribution in [3.8, 4) is 0 Å². The van der Waals surface area contributed by atoms with Crippen LogP contribution in [0.4, 0.5) is 0 Å². The van der Waals surface area contributed by atoms with Gasteiger partial charge in [-0.05, 0) is 56.7 Å². The Bertz CT molecular complexity index is 450. The standard InChI is InChI=1S/C17H26O3/c1-5-17(3,4)16(19)20-12-14-9-6-8-13(2)15(14)10-7-11-18/h6,8-9,18H,5,7,10-12H2,1-4H3. The summed E-state index contributed by atoms with van der Waals surface area (Å²) in [5.74, 6) is -0.158. The topological polar surface area (TPSA) is 46.5 Å². The van der Waals surface area contributed by atoms with E-state index in [9.17, 15) is 4.79 Å². The van der Waals surface area contributed by atoms with Gasteiger partial charge in [-0.25, -0.2) is 0 Å². The van der Waals surface area contributed by atoms with E-state index in [4.69, 9.17) is 9.84 Å². The molecule has 0 aliphatic rings. The maximum absolute atomic E-state index is 12.0. The molecule has 0 unspecified atom stereocenters. The highest BCUT2D eigenvalue weighted by Crippen LogP contribution is 2.23. The van der Waals surface area contributed by atoms with E-state index < -0.39 is 5.41 Å². The minimum atomic E-state index is -0.435. The second-order valence-corrected chi connectivity index (χ2v) is 5.85. The van der Waals surface area contributed by atoms with Crippen LogP contribution < -0.4 is 0 Å². The average Bonchev–Trinajstić information content (AvgIpc) is 2.43. The lowest BCUT2D eigenvalue weighted by atomic mass is 9.90. The van der Waals surface area contributed by atoms with Gasteiger partial charge in [0.05, 0.1) is 5.41 Å². The molecule has 1 aromatic rings. The summed E-state index contributed by atoms with van der Waals surface area (Å²) in [6, 6.07) is 6.02. The molecule has 0 bridgehead atoms. The molecule has 1 N–H and O–H groups in total. The number of aryl methyl sites for hydroxylation is 1. The van der Waals surface area contributed by atoms with Gasteiger partial charge >= 0.3 is 5.97 Å². The zero-order valence-electron chi connectivity index (χ0n) is 13.0. The summed E-state index contributed by atoms with van der Waals surface area (Å²) < 4.78 is 5.46. The number of carbonyl (C=O) groups is 1. The number of hydrogen-bond acceptors (Lipinski definition) is 3. The Balaban J connectivity index is 2.77. The van der Waals surface area contributed by atoms with Crippen molar-refractivity contribution in [3.63, 3.8) is 0 Å². The molecule has 0 aliphatic carbocycles. The van der Waals surface area contributed by atoms with E-state index in [0.29, 0.717) is 6.61 Å². The van der Waals surface area contributed by atoms with Crippen molar-refractivity contribution >= 4 is 5.97 Å². The molecule has 0 atom stereocenters. The van der Waals surface area contributed by atoms with Crippen molar-refractivity contribution in [2.24, 2.45) is 5.41 Å². The summed E-state index contributed by atoms with van der Waals surface area (Å²) in [7, 11) is 0. The molecule has 0 aliphatic heterocycles. The van der Waals surface area contributed by atoms with Gasteiger partial charge in [0, 0.05) is 6.61 Å². The van der Waals surface area contributed by atoms with Crippen molar-refractivity contribution in [2.45, 2.75) is 53.6 Å². The first-order chi connectivity index (χ1) is 9.42. The van der Waals surface area contributed by atoms with Gasteiger partial charge in [-0.15, -0.1) is 0 Å². The quantitative estimate of drug-likeness (QED) is 0.778. The second-order valence-electron chi connectivity index (χ2n) is 5.85. The van der Waals surface area contributed by atoms with Gasteiger partial charge < -0.3 is 9.84 Å². The number of carbonyl (C=O) groups excluding carboxylic acids is 1. The Labute approximate surface area is 122 Å². The number of ether oxygens (including phenoxy) is 1. The average molecular weight is 278 g/mol. The third kappa shape index (κ3) is 4.34. The predicted octanol–water partition coefficient (Wildman–Crippen LogP) is 3.40. The number of hydrogen-bond donors (Lipinski definition) is 1. The molecule has 20 heavy (non-hydrogen) atoms. The molecule has 112 valence electrons. The minimum absolute atomic E-state index is 0.158. The summed E-state index contributed by atoms with van der Waals surface area (Å²) in [5.41, 5.74) is 2.97. The fraction of sp³-hybridized carbons (Fsp3) is 0.588. The highest BCUT2D eigenvalue weighted by molar-refractivity contribution is 5.75. The first-order valence-corrected chi connectivity index (χ1v) is 7.27. The van der Waals surface area contributed by atoms with E-state index >= 15 is 0 Å². The van der Waals surface area contributed by atoms with Crippen LogP contribution in [0.1, 0.15) is 50.3 Å². The molecule has 1 rings (SSSR count). The van der Waals surface area contributed by atoms with E-state index in [2.05, 4.69) is 0 Å². The van der Waals surface area contributed by atoms with Crippen LogP contribution in [0.5, 0.6) is 0 Å². The highest BCUT2D eigenvalue weighted by atomic mass is 16.5. The maximum Gasteiger partial charge on any atom is 0.311 e. The fourth-order valence-corrected chi connectivity index (χ4v) is 1.99. The van der Waals surface area contributed by atoms with E-state index in [1.807, 2.05) is 45.9 Å². The van der Waals surface area contributed by atoms with E-state index in [1.165, 1.54) is 11.1 Å². The van der Waals surface area contributed by atoms with Crippen LogP contribution in [-0.2, 0) is 22.6 Å². The lowest BCUT2D eigenvalue weighted by molar-refractivity contribution is -0.155. The molecule has 1 aromatic carbocycles. The van der Waals surface area contributed by atoms with Gasteiger partial charge in [-0.2, -0.15) is 0 Å². The zero-order chi connectivity index (χ0) is 15.2. The normalized spacial score (nSPS) is 11.4. The van der Waals surface area contributed by atoms with Crippen LogP contribution in [0.2, 0.25) is 0 Å². The molecule has 3 nitrogen and oxygen atoms in total. The summed E-state index contributed by atoms with van der Waals surface area (Å²) in [6.45, 7) is 8.33. The molecule has 0 heterocycles. The van der Waals surface area contributed by atoms with Crippen LogP contribution in [0, 0.1) is 12.3 Å². The Kier molecular flexibility index (Phi) is 6.21. The molecule has 0 saturated heterocycles. The van der Waals surface area contributed by atoms with Crippen molar-refractivity contribution in [1.82, 2.24) is 0 Å². The first-order valence-electron chi connectivity index (χ1n) is 7.27. The lowest BCUT2D eigenvalue weighted by Gasteiger charge is -2.21. The largest absolute Gasteiger partial charge is 0.460 e. The Morgan fingerprint density at radius 3 is 2.65 bits per heavy atom. The van der Waals surface area contributed by atoms with Crippen molar-refractivity contribution in [3.05, 3.63) is 34.9 Å². The summed E-state index contributed by atoms with van der Waals surface area (Å²) >= 11 is 0. The molecular formula is C17H26O3. The third-order valence-corrected chi connectivity index (χ3v) is 3.89. The third-order valence-electron chi connectivity index (χ3n) is 3.89. The SMILES string of the molecule is CCC(C)(C)C(=O)OCc1cccc(C)c1CCCO. The monoisotopic (exact) mass is 278 g/mol. The fourth-order valence-electron chi connectivity index (χ4n) is 1.99. The molecule has 0 aromatic heterocycles. The summed E-state index contributed by atoms with van der Waals surface area (Å²) in [4.78, 5) is 12.0. The van der Waals surface area contributed by atoms with Crippen molar-refractivity contribution in [2.75, 3.05) is 6.61 Å². The van der Waals surface area contributed by atoms with Crippen LogP contribution in [0.25, 0.3) is 0 Å². The van der Waals surface area contributed by atoms with E-state index in [1.54, 1.807) is 0 Å². The minimum Gasteiger partial charge on any atom is -0.460 e. The molecule has 0 saturated carbocycles.